The molecule has 7 rings (SSSR count). The van der Waals surface area contributed by atoms with Gasteiger partial charge in [0.05, 0.1) is 37.1 Å². The van der Waals surface area contributed by atoms with Crippen molar-refractivity contribution in [3.05, 3.63) is 65.6 Å². The zero-order valence-corrected chi connectivity index (χ0v) is 28.4. The predicted molar refractivity (Wildman–Crippen MR) is 179 cm³/mol. The van der Waals surface area contributed by atoms with Crippen LogP contribution in [0, 0.1) is 11.2 Å². The van der Waals surface area contributed by atoms with Crippen molar-refractivity contribution < 1.29 is 23.4 Å². The Morgan fingerprint density at radius 2 is 1.88 bits per heavy atom. The molecular weight excluding hydrogens is 613 g/mol. The number of hydrogen-bond acceptors (Lipinski definition) is 10. The zero-order valence-electron chi connectivity index (χ0n) is 28.4. The first-order valence-corrected chi connectivity index (χ1v) is 17.1. The van der Waals surface area contributed by atoms with Crippen LogP contribution in [0.3, 0.4) is 0 Å². The Morgan fingerprint density at radius 1 is 1.08 bits per heavy atom. The lowest BCUT2D eigenvalue weighted by molar-refractivity contribution is -0.0352. The van der Waals surface area contributed by atoms with Crippen LogP contribution >= 0.6 is 0 Å². The number of nitrogens with zero attached hydrogens (tertiary/aromatic N) is 7. The summed E-state index contributed by atoms with van der Waals surface area (Å²) in [6.07, 6.45) is 9.21. The summed E-state index contributed by atoms with van der Waals surface area (Å²) < 4.78 is 33.0. The number of pyridine rings is 1. The number of anilines is 1. The Balaban J connectivity index is 0.983. The van der Waals surface area contributed by atoms with Gasteiger partial charge in [-0.15, -0.1) is 0 Å². The summed E-state index contributed by atoms with van der Waals surface area (Å²) in [5.41, 5.74) is 2.73. The zero-order chi connectivity index (χ0) is 33.4. The van der Waals surface area contributed by atoms with Crippen molar-refractivity contribution >= 4 is 11.7 Å². The Bertz CT molecular complexity index is 1620. The van der Waals surface area contributed by atoms with Crippen LogP contribution in [0.4, 0.5) is 10.2 Å². The molecule has 48 heavy (non-hydrogen) atoms. The molecule has 3 aliphatic heterocycles. The SMILES string of the molecule is C[C@@H]1COC[C@@H](C)N1C(=O)c1cc(F)ccc1Oc1cncnc1N1CC2(CC(Oc3ccnc4c3CN(CCCN(C)C)CC4)C2)C1. The van der Waals surface area contributed by atoms with Gasteiger partial charge in [-0.3, -0.25) is 14.7 Å². The fraction of sp³-hybridized carbons (Fsp3) is 0.556. The first-order valence-electron chi connectivity index (χ1n) is 17.1. The number of fused-ring (bicyclic) bond motifs is 1. The Hall–Kier alpha value is -3.87. The Morgan fingerprint density at radius 3 is 2.65 bits per heavy atom. The van der Waals surface area contributed by atoms with Crippen LogP contribution in [0.25, 0.3) is 0 Å². The molecule has 11 nitrogen and oxygen atoms in total. The van der Waals surface area contributed by atoms with Crippen LogP contribution < -0.4 is 14.4 Å². The molecular formula is C36H46FN7O4. The number of amides is 1. The molecule has 1 saturated carbocycles. The van der Waals surface area contributed by atoms with Gasteiger partial charge in [0.1, 0.15) is 29.7 Å². The second-order valence-electron chi connectivity index (χ2n) is 14.3. The van der Waals surface area contributed by atoms with Crippen molar-refractivity contribution in [3.8, 4) is 17.2 Å². The monoisotopic (exact) mass is 659 g/mol. The summed E-state index contributed by atoms with van der Waals surface area (Å²) in [4.78, 5) is 35.8. The minimum atomic E-state index is -0.500. The lowest BCUT2D eigenvalue weighted by Crippen LogP contribution is -2.65. The van der Waals surface area contributed by atoms with E-state index in [1.54, 1.807) is 11.1 Å². The summed E-state index contributed by atoms with van der Waals surface area (Å²) in [5, 5.41) is 0. The second-order valence-corrected chi connectivity index (χ2v) is 14.3. The molecule has 3 fully saturated rings. The van der Waals surface area contributed by atoms with Gasteiger partial charge in [0.15, 0.2) is 11.6 Å². The fourth-order valence-corrected chi connectivity index (χ4v) is 7.76. The molecule has 0 N–H and O–H groups in total. The second kappa shape index (κ2) is 13.6. The van der Waals surface area contributed by atoms with Crippen LogP contribution in [-0.2, 0) is 17.7 Å². The topological polar surface area (TPSA) is 96.4 Å². The van der Waals surface area contributed by atoms with E-state index in [4.69, 9.17) is 14.2 Å². The molecule has 1 amide bonds. The number of rotatable bonds is 10. The van der Waals surface area contributed by atoms with E-state index in [2.05, 4.69) is 43.7 Å². The predicted octanol–water partition coefficient (Wildman–Crippen LogP) is 4.41. The largest absolute Gasteiger partial charge is 0.490 e. The van der Waals surface area contributed by atoms with Crippen molar-refractivity contribution in [3.63, 3.8) is 0 Å². The number of benzene rings is 1. The number of carbonyl (C=O) groups is 1. The van der Waals surface area contributed by atoms with Crippen molar-refractivity contribution in [1.82, 2.24) is 29.7 Å². The van der Waals surface area contributed by atoms with E-state index in [-0.39, 0.29) is 40.8 Å². The summed E-state index contributed by atoms with van der Waals surface area (Å²) in [7, 11) is 4.24. The highest BCUT2D eigenvalue weighted by Crippen LogP contribution is 2.52. The Labute approximate surface area is 282 Å². The maximum absolute atomic E-state index is 14.4. The maximum Gasteiger partial charge on any atom is 0.258 e. The molecule has 256 valence electrons. The number of ether oxygens (including phenoxy) is 3. The molecule has 3 aromatic rings. The minimum absolute atomic E-state index is 0.141. The maximum atomic E-state index is 14.4. The van der Waals surface area contributed by atoms with Gasteiger partial charge in [-0.25, -0.2) is 14.4 Å². The lowest BCUT2D eigenvalue weighted by atomic mass is 9.61. The van der Waals surface area contributed by atoms with Gasteiger partial charge < -0.3 is 28.9 Å². The van der Waals surface area contributed by atoms with E-state index in [0.29, 0.717) is 24.8 Å². The average molecular weight is 660 g/mol. The Kier molecular flexibility index (Phi) is 9.23. The van der Waals surface area contributed by atoms with Gasteiger partial charge in [0.25, 0.3) is 5.91 Å². The molecule has 0 radical (unpaired) electrons. The van der Waals surface area contributed by atoms with Crippen LogP contribution in [-0.4, -0.2) is 114 Å². The van der Waals surface area contributed by atoms with E-state index in [0.717, 1.165) is 76.4 Å². The van der Waals surface area contributed by atoms with Crippen molar-refractivity contribution in [2.75, 3.05) is 64.9 Å². The van der Waals surface area contributed by atoms with Crippen LogP contribution in [0.15, 0.2) is 43.0 Å². The van der Waals surface area contributed by atoms with Gasteiger partial charge in [-0.2, -0.15) is 0 Å². The highest BCUT2D eigenvalue weighted by Gasteiger charge is 2.54. The van der Waals surface area contributed by atoms with Gasteiger partial charge >= 0.3 is 0 Å². The number of morpholine rings is 1. The third-order valence-corrected chi connectivity index (χ3v) is 10.1. The normalized spacial score (nSPS) is 22.3. The molecule has 2 saturated heterocycles. The van der Waals surface area contributed by atoms with Gasteiger partial charge in [0, 0.05) is 55.5 Å². The molecule has 4 aliphatic rings. The molecule has 5 heterocycles. The van der Waals surface area contributed by atoms with Crippen LogP contribution in [0.5, 0.6) is 17.2 Å². The molecule has 2 atom stereocenters. The number of carbonyl (C=O) groups excluding carboxylic acids is 1. The number of halogens is 1. The van der Waals surface area contributed by atoms with E-state index >= 15 is 0 Å². The van der Waals surface area contributed by atoms with Gasteiger partial charge in [-0.1, -0.05) is 0 Å². The molecule has 1 aromatic carbocycles. The molecule has 12 heteroatoms. The minimum Gasteiger partial charge on any atom is -0.490 e. The molecule has 1 aliphatic carbocycles. The van der Waals surface area contributed by atoms with Gasteiger partial charge in [-0.05, 0) is 84.6 Å². The van der Waals surface area contributed by atoms with E-state index < -0.39 is 5.82 Å². The van der Waals surface area contributed by atoms with Crippen LogP contribution in [0.1, 0.15) is 54.7 Å². The van der Waals surface area contributed by atoms with E-state index in [1.807, 2.05) is 26.1 Å². The lowest BCUT2D eigenvalue weighted by Gasteiger charge is -2.59. The summed E-state index contributed by atoms with van der Waals surface area (Å²) in [6, 6.07) is 5.79. The highest BCUT2D eigenvalue weighted by molar-refractivity contribution is 5.97. The smallest absolute Gasteiger partial charge is 0.258 e. The summed E-state index contributed by atoms with van der Waals surface area (Å²) in [6.45, 7) is 10.5. The van der Waals surface area contributed by atoms with Crippen molar-refractivity contribution in [1.29, 1.82) is 0 Å². The first kappa shape index (κ1) is 32.7. The fourth-order valence-electron chi connectivity index (χ4n) is 7.76. The van der Waals surface area contributed by atoms with E-state index in [9.17, 15) is 9.18 Å². The van der Waals surface area contributed by atoms with Crippen LogP contribution in [0.2, 0.25) is 0 Å². The summed E-state index contributed by atoms with van der Waals surface area (Å²) >= 11 is 0. The van der Waals surface area contributed by atoms with Gasteiger partial charge in [0.2, 0.25) is 0 Å². The average Bonchev–Trinajstić information content (AvgIpc) is 3.02. The highest BCUT2D eigenvalue weighted by atomic mass is 19.1. The third-order valence-electron chi connectivity index (χ3n) is 10.1. The standard InChI is InChI=1S/C36H46FN7O4/c1-24-19-46-20-25(2)44(24)35(45)28-14-26(37)6-7-31(28)48-33-17-38-23-40-34(33)43-21-36(22-43)15-27(16-36)47-32-8-10-39-30-9-13-42(18-29(30)32)12-5-11-41(3)4/h6-8,10,14,17,23-25,27H,5,9,11-13,15-16,18-22H2,1-4H3/t24-,25-/m1/s1. The third kappa shape index (κ3) is 6.70. The molecule has 0 bridgehead atoms. The van der Waals surface area contributed by atoms with Crippen molar-refractivity contribution in [2.45, 2.75) is 64.3 Å². The molecule has 1 spiro atoms. The van der Waals surface area contributed by atoms with E-state index in [1.165, 1.54) is 30.1 Å². The molecule has 2 aromatic heterocycles. The first-order chi connectivity index (χ1) is 23.2. The quantitative estimate of drug-likeness (QED) is 0.312. The molecule has 0 unspecified atom stereocenters. The number of aromatic nitrogens is 3. The summed E-state index contributed by atoms with van der Waals surface area (Å²) in [5.74, 6) is 1.55. The number of hydrogen-bond donors (Lipinski definition) is 0. The van der Waals surface area contributed by atoms with Crippen molar-refractivity contribution in [2.24, 2.45) is 5.41 Å².